The Morgan fingerprint density at radius 2 is 2.10 bits per heavy atom. The molecular formula is C16H21N3O2. The topological polar surface area (TPSA) is 84.2 Å². The van der Waals surface area contributed by atoms with Crippen molar-refractivity contribution in [1.82, 2.24) is 10.6 Å². The number of rotatable bonds is 4. The van der Waals surface area contributed by atoms with Gasteiger partial charge in [0.2, 0.25) is 5.91 Å². The monoisotopic (exact) mass is 287 g/mol. The number of benzene rings is 1. The van der Waals surface area contributed by atoms with E-state index in [1.165, 1.54) is 0 Å². The van der Waals surface area contributed by atoms with Gasteiger partial charge in [-0.25, -0.2) is 0 Å². The van der Waals surface area contributed by atoms with Crippen LogP contribution in [0.3, 0.4) is 0 Å². The van der Waals surface area contributed by atoms with Crippen LogP contribution in [0.15, 0.2) is 18.2 Å². The average Bonchev–Trinajstić information content (AvgIpc) is 2.46. The van der Waals surface area contributed by atoms with E-state index in [1.807, 2.05) is 26.0 Å². The number of nitrogens with two attached hydrogens (primary N) is 1. The number of amides is 2. The molecule has 0 heterocycles. The highest BCUT2D eigenvalue weighted by Crippen LogP contribution is 2.11. The van der Waals surface area contributed by atoms with Crippen LogP contribution in [0.5, 0.6) is 0 Å². The van der Waals surface area contributed by atoms with Crippen LogP contribution in [-0.2, 0) is 4.79 Å². The fourth-order valence-electron chi connectivity index (χ4n) is 1.76. The largest absolute Gasteiger partial charge is 0.355 e. The molecule has 0 aliphatic carbocycles. The molecule has 0 bridgehead atoms. The number of carbonyl (C=O) groups is 2. The van der Waals surface area contributed by atoms with Crippen LogP contribution in [0.25, 0.3) is 0 Å². The van der Waals surface area contributed by atoms with Crippen molar-refractivity contribution in [2.75, 3.05) is 13.1 Å². The number of carbonyl (C=O) groups excluding carboxylic acids is 2. The molecule has 5 heteroatoms. The van der Waals surface area contributed by atoms with E-state index in [2.05, 4.69) is 22.5 Å². The summed E-state index contributed by atoms with van der Waals surface area (Å²) in [5.74, 6) is 5.14. The summed E-state index contributed by atoms with van der Waals surface area (Å²) in [7, 11) is 0. The molecule has 1 aromatic carbocycles. The molecule has 1 atom stereocenters. The smallest absolute Gasteiger partial charge is 0.252 e. The van der Waals surface area contributed by atoms with Crippen molar-refractivity contribution in [2.45, 2.75) is 26.8 Å². The van der Waals surface area contributed by atoms with Gasteiger partial charge in [0.15, 0.2) is 0 Å². The maximum Gasteiger partial charge on any atom is 0.252 e. The van der Waals surface area contributed by atoms with Crippen LogP contribution in [-0.4, -0.2) is 30.9 Å². The van der Waals surface area contributed by atoms with Crippen molar-refractivity contribution in [1.29, 1.82) is 0 Å². The molecule has 2 amide bonds. The first-order chi connectivity index (χ1) is 9.99. The fraction of sp³-hybridized carbons (Fsp3) is 0.375. The molecule has 1 aromatic rings. The quantitative estimate of drug-likeness (QED) is 0.707. The highest BCUT2D eigenvalue weighted by molar-refractivity contribution is 5.98. The van der Waals surface area contributed by atoms with Crippen molar-refractivity contribution in [2.24, 2.45) is 5.73 Å². The van der Waals surface area contributed by atoms with E-state index in [1.54, 1.807) is 13.0 Å². The van der Waals surface area contributed by atoms with Crippen LogP contribution in [0, 0.1) is 18.8 Å². The first-order valence-electron chi connectivity index (χ1n) is 6.87. The van der Waals surface area contributed by atoms with Gasteiger partial charge in [-0.05, 0) is 38.5 Å². The third kappa shape index (κ3) is 4.93. The van der Waals surface area contributed by atoms with Gasteiger partial charge in [0.05, 0.1) is 6.54 Å². The fourth-order valence-corrected chi connectivity index (χ4v) is 1.76. The Kier molecular flexibility index (Phi) is 6.44. The molecule has 4 N–H and O–H groups in total. The van der Waals surface area contributed by atoms with Gasteiger partial charge in [0.1, 0.15) is 6.04 Å². The molecule has 21 heavy (non-hydrogen) atoms. The maximum atomic E-state index is 12.2. The third-order valence-electron chi connectivity index (χ3n) is 2.91. The number of likely N-dealkylation sites (N-methyl/N-ethyl adjacent to an activating group) is 1. The van der Waals surface area contributed by atoms with E-state index in [0.717, 1.165) is 11.1 Å². The third-order valence-corrected chi connectivity index (χ3v) is 2.91. The molecule has 0 saturated carbocycles. The Balaban J connectivity index is 2.89. The van der Waals surface area contributed by atoms with Crippen LogP contribution in [0.2, 0.25) is 0 Å². The van der Waals surface area contributed by atoms with Crippen molar-refractivity contribution >= 4 is 11.8 Å². The molecule has 0 radical (unpaired) electrons. The lowest BCUT2D eigenvalue weighted by Crippen LogP contribution is -2.44. The lowest BCUT2D eigenvalue weighted by atomic mass is 10.0. The molecule has 0 spiro atoms. The van der Waals surface area contributed by atoms with Crippen LogP contribution in [0.4, 0.5) is 0 Å². The molecule has 0 fully saturated rings. The molecule has 0 saturated heterocycles. The van der Waals surface area contributed by atoms with E-state index in [4.69, 9.17) is 5.73 Å². The lowest BCUT2D eigenvalue weighted by molar-refractivity contribution is -0.122. The SMILES string of the molecule is CCNC(=O)C(C)NC(=O)c1cc(C#CCN)ccc1C. The van der Waals surface area contributed by atoms with Gasteiger partial charge in [-0.1, -0.05) is 17.9 Å². The zero-order valence-electron chi connectivity index (χ0n) is 12.6. The molecule has 0 aliphatic rings. The standard InChI is InChI=1S/C16H21N3O2/c1-4-18-15(20)12(3)19-16(21)14-10-13(6-5-9-17)8-7-11(14)2/h7-8,10,12H,4,9,17H2,1-3H3,(H,18,20)(H,19,21). The van der Waals surface area contributed by atoms with Crippen molar-refractivity contribution in [3.05, 3.63) is 34.9 Å². The summed E-state index contributed by atoms with van der Waals surface area (Å²) in [6.45, 7) is 6.12. The van der Waals surface area contributed by atoms with Gasteiger partial charge < -0.3 is 16.4 Å². The highest BCUT2D eigenvalue weighted by Gasteiger charge is 2.17. The Bertz CT molecular complexity index is 585. The van der Waals surface area contributed by atoms with E-state index < -0.39 is 6.04 Å². The van der Waals surface area contributed by atoms with Crippen LogP contribution < -0.4 is 16.4 Å². The van der Waals surface area contributed by atoms with E-state index in [9.17, 15) is 9.59 Å². The normalized spacial score (nSPS) is 11.0. The predicted molar refractivity (Wildman–Crippen MR) is 82.7 cm³/mol. The highest BCUT2D eigenvalue weighted by atomic mass is 16.2. The van der Waals surface area contributed by atoms with Crippen molar-refractivity contribution in [3.63, 3.8) is 0 Å². The maximum absolute atomic E-state index is 12.2. The van der Waals surface area contributed by atoms with Crippen LogP contribution >= 0.6 is 0 Å². The predicted octanol–water partition coefficient (Wildman–Crippen LogP) is 0.560. The van der Waals surface area contributed by atoms with Gasteiger partial charge in [-0.3, -0.25) is 9.59 Å². The summed E-state index contributed by atoms with van der Waals surface area (Å²) in [5.41, 5.74) is 7.40. The number of hydrogen-bond donors (Lipinski definition) is 3. The number of hydrogen-bond acceptors (Lipinski definition) is 3. The Hall–Kier alpha value is -2.32. The Morgan fingerprint density at radius 3 is 2.71 bits per heavy atom. The summed E-state index contributed by atoms with van der Waals surface area (Å²) in [6, 6.07) is 4.78. The number of nitrogens with one attached hydrogen (secondary N) is 2. The summed E-state index contributed by atoms with van der Waals surface area (Å²) < 4.78 is 0. The minimum atomic E-state index is -0.587. The van der Waals surface area contributed by atoms with E-state index >= 15 is 0 Å². The zero-order valence-corrected chi connectivity index (χ0v) is 12.6. The summed E-state index contributed by atoms with van der Waals surface area (Å²) in [6.07, 6.45) is 0. The van der Waals surface area contributed by atoms with Gasteiger partial charge in [-0.15, -0.1) is 0 Å². The second kappa shape index (κ2) is 8.08. The number of aryl methyl sites for hydroxylation is 1. The van der Waals surface area contributed by atoms with Crippen molar-refractivity contribution in [3.8, 4) is 11.8 Å². The van der Waals surface area contributed by atoms with Crippen LogP contribution in [0.1, 0.15) is 35.3 Å². The molecule has 1 unspecified atom stereocenters. The summed E-state index contributed by atoms with van der Waals surface area (Å²) in [4.78, 5) is 23.9. The Morgan fingerprint density at radius 1 is 1.38 bits per heavy atom. The van der Waals surface area contributed by atoms with Gasteiger partial charge in [0.25, 0.3) is 5.91 Å². The zero-order chi connectivity index (χ0) is 15.8. The molecule has 5 nitrogen and oxygen atoms in total. The first kappa shape index (κ1) is 16.7. The van der Waals surface area contributed by atoms with Gasteiger partial charge in [-0.2, -0.15) is 0 Å². The lowest BCUT2D eigenvalue weighted by Gasteiger charge is -2.14. The van der Waals surface area contributed by atoms with Crippen molar-refractivity contribution < 1.29 is 9.59 Å². The average molecular weight is 287 g/mol. The minimum Gasteiger partial charge on any atom is -0.355 e. The summed E-state index contributed by atoms with van der Waals surface area (Å²) >= 11 is 0. The summed E-state index contributed by atoms with van der Waals surface area (Å²) in [5, 5.41) is 5.35. The van der Waals surface area contributed by atoms with Gasteiger partial charge >= 0.3 is 0 Å². The second-order valence-corrected chi connectivity index (χ2v) is 4.63. The second-order valence-electron chi connectivity index (χ2n) is 4.63. The van der Waals surface area contributed by atoms with Gasteiger partial charge in [0, 0.05) is 17.7 Å². The first-order valence-corrected chi connectivity index (χ1v) is 6.87. The molecule has 0 aliphatic heterocycles. The van der Waals surface area contributed by atoms with E-state index in [-0.39, 0.29) is 18.4 Å². The Labute approximate surface area is 125 Å². The molecule has 1 rings (SSSR count). The van der Waals surface area contributed by atoms with E-state index in [0.29, 0.717) is 12.1 Å². The minimum absolute atomic E-state index is 0.206. The molecule has 112 valence electrons. The molecular weight excluding hydrogens is 266 g/mol. The molecule has 0 aromatic heterocycles.